The molecule has 2 rings (SSSR count). The van der Waals surface area contributed by atoms with Gasteiger partial charge in [-0.1, -0.05) is 5.21 Å². The molecule has 0 saturated carbocycles. The Bertz CT molecular complexity index is 1070. The van der Waals surface area contributed by atoms with Crippen molar-refractivity contribution in [3.8, 4) is 0 Å². The molecule has 0 aliphatic carbocycles. The molecule has 0 bridgehead atoms. The number of carbonyl (C=O) groups excluding carboxylic acids is 6. The van der Waals surface area contributed by atoms with Crippen molar-refractivity contribution >= 4 is 35.8 Å². The number of nitrogens with zero attached hydrogens (tertiary/aromatic N) is 3. The van der Waals surface area contributed by atoms with E-state index in [-0.39, 0.29) is 13.2 Å². The van der Waals surface area contributed by atoms with Gasteiger partial charge in [-0.25, -0.2) is 14.3 Å². The van der Waals surface area contributed by atoms with E-state index in [1.165, 1.54) is 13.8 Å². The molecule has 2 heterocycles. The maximum Gasteiger partial charge on any atom is 0.361 e. The van der Waals surface area contributed by atoms with Gasteiger partial charge in [-0.3, -0.25) is 19.2 Å². The van der Waals surface area contributed by atoms with Gasteiger partial charge in [0.15, 0.2) is 30.2 Å². The molecule has 0 unspecified atom stereocenters. The molecule has 1 aliphatic rings. The van der Waals surface area contributed by atoms with Gasteiger partial charge in [-0.15, -0.1) is 5.10 Å². The predicted octanol–water partition coefficient (Wildman–Crippen LogP) is -0.113. The number of ether oxygens (including phenoxy) is 7. The molecule has 1 aromatic heterocycles. The standard InChI is InChI=1S/C22H29N3O13/c1-7-32-21(30)15-16(22(31)33-8-2)25(24-23-15)20-19(37-13(6)29)18(36-12(5)28)17(35-11(4)27)14(38-20)9-34-10(3)26/h14,17-20H,7-9H2,1-6H3/t14-,17-,18+,19-,20-/m1/s1. The highest BCUT2D eigenvalue weighted by atomic mass is 16.7. The molecule has 16 nitrogen and oxygen atoms in total. The summed E-state index contributed by atoms with van der Waals surface area (Å²) < 4.78 is 37.8. The zero-order valence-electron chi connectivity index (χ0n) is 21.7. The van der Waals surface area contributed by atoms with Gasteiger partial charge in [0, 0.05) is 27.7 Å². The average molecular weight is 543 g/mol. The summed E-state index contributed by atoms with van der Waals surface area (Å²) in [5.41, 5.74) is -1.05. The molecule has 210 valence electrons. The van der Waals surface area contributed by atoms with E-state index in [4.69, 9.17) is 33.2 Å². The van der Waals surface area contributed by atoms with Crippen molar-refractivity contribution in [3.05, 3.63) is 11.4 Å². The molecule has 38 heavy (non-hydrogen) atoms. The third-order valence-electron chi connectivity index (χ3n) is 4.84. The molecule has 0 amide bonds. The van der Waals surface area contributed by atoms with Crippen molar-refractivity contribution in [3.63, 3.8) is 0 Å². The van der Waals surface area contributed by atoms with E-state index in [1.54, 1.807) is 0 Å². The highest BCUT2D eigenvalue weighted by Gasteiger charge is 2.54. The van der Waals surface area contributed by atoms with E-state index < -0.39 is 84.5 Å². The Morgan fingerprint density at radius 2 is 1.26 bits per heavy atom. The Labute approximate surface area is 216 Å². The average Bonchev–Trinajstić information content (AvgIpc) is 3.25. The Hall–Kier alpha value is -4.08. The highest BCUT2D eigenvalue weighted by Crippen LogP contribution is 2.35. The van der Waals surface area contributed by atoms with Crippen molar-refractivity contribution in [2.75, 3.05) is 19.8 Å². The third-order valence-corrected chi connectivity index (χ3v) is 4.84. The van der Waals surface area contributed by atoms with Crippen LogP contribution in [0.2, 0.25) is 0 Å². The van der Waals surface area contributed by atoms with Crippen molar-refractivity contribution in [1.29, 1.82) is 0 Å². The molecule has 1 aliphatic heterocycles. The van der Waals surface area contributed by atoms with Crippen LogP contribution in [0.25, 0.3) is 0 Å². The number of hydrogen-bond acceptors (Lipinski definition) is 15. The first-order chi connectivity index (χ1) is 17.9. The van der Waals surface area contributed by atoms with Gasteiger partial charge in [0.05, 0.1) is 13.2 Å². The van der Waals surface area contributed by atoms with Crippen LogP contribution < -0.4 is 0 Å². The van der Waals surface area contributed by atoms with Crippen molar-refractivity contribution in [2.45, 2.75) is 72.2 Å². The minimum Gasteiger partial charge on any atom is -0.463 e. The maximum atomic E-state index is 12.9. The minimum atomic E-state index is -1.62. The fraction of sp³-hybridized carbons (Fsp3) is 0.636. The molecule has 1 fully saturated rings. The van der Waals surface area contributed by atoms with Crippen LogP contribution in [0.15, 0.2) is 0 Å². The van der Waals surface area contributed by atoms with Crippen molar-refractivity contribution in [1.82, 2.24) is 15.0 Å². The van der Waals surface area contributed by atoms with Crippen LogP contribution in [0, 0.1) is 0 Å². The minimum absolute atomic E-state index is 0.0486. The molecular formula is C22H29N3O13. The lowest BCUT2D eigenvalue weighted by atomic mass is 9.97. The summed E-state index contributed by atoms with van der Waals surface area (Å²) in [5.74, 6) is -5.31. The lowest BCUT2D eigenvalue weighted by Crippen LogP contribution is -2.61. The molecule has 5 atom stereocenters. The Balaban J connectivity index is 2.74. The summed E-state index contributed by atoms with van der Waals surface area (Å²) in [7, 11) is 0. The number of carbonyl (C=O) groups is 6. The monoisotopic (exact) mass is 543 g/mol. The van der Waals surface area contributed by atoms with Crippen LogP contribution in [0.1, 0.15) is 68.7 Å². The Morgan fingerprint density at radius 3 is 1.79 bits per heavy atom. The first-order valence-electron chi connectivity index (χ1n) is 11.5. The fourth-order valence-electron chi connectivity index (χ4n) is 3.60. The molecule has 1 saturated heterocycles. The van der Waals surface area contributed by atoms with Crippen LogP contribution in [0.3, 0.4) is 0 Å². The Morgan fingerprint density at radius 1 is 0.737 bits per heavy atom. The van der Waals surface area contributed by atoms with E-state index in [0.29, 0.717) is 0 Å². The van der Waals surface area contributed by atoms with Gasteiger partial charge in [0.25, 0.3) is 0 Å². The van der Waals surface area contributed by atoms with Crippen LogP contribution in [-0.4, -0.2) is 95.0 Å². The number of esters is 6. The number of rotatable bonds is 10. The van der Waals surface area contributed by atoms with Gasteiger partial charge < -0.3 is 33.2 Å². The molecule has 1 aromatic rings. The van der Waals surface area contributed by atoms with Crippen LogP contribution in [0.4, 0.5) is 0 Å². The summed E-state index contributed by atoms with van der Waals surface area (Å²) in [5, 5.41) is 7.54. The van der Waals surface area contributed by atoms with Crippen LogP contribution in [0.5, 0.6) is 0 Å². The van der Waals surface area contributed by atoms with Gasteiger partial charge >= 0.3 is 35.8 Å². The van der Waals surface area contributed by atoms with Gasteiger partial charge in [0.1, 0.15) is 12.7 Å². The lowest BCUT2D eigenvalue weighted by molar-refractivity contribution is -0.270. The second kappa shape index (κ2) is 13.5. The second-order valence-electron chi connectivity index (χ2n) is 7.76. The zero-order chi connectivity index (χ0) is 28.6. The van der Waals surface area contributed by atoms with E-state index in [9.17, 15) is 28.8 Å². The smallest absolute Gasteiger partial charge is 0.361 e. The van der Waals surface area contributed by atoms with Gasteiger partial charge in [-0.05, 0) is 13.8 Å². The van der Waals surface area contributed by atoms with Crippen molar-refractivity contribution in [2.24, 2.45) is 0 Å². The molecular weight excluding hydrogens is 514 g/mol. The Kier molecular flexibility index (Phi) is 10.7. The number of aromatic nitrogens is 3. The summed E-state index contributed by atoms with van der Waals surface area (Å²) >= 11 is 0. The molecule has 0 aromatic carbocycles. The molecule has 0 radical (unpaired) electrons. The third kappa shape index (κ3) is 7.47. The molecule has 0 spiro atoms. The zero-order valence-corrected chi connectivity index (χ0v) is 21.7. The van der Waals surface area contributed by atoms with Gasteiger partial charge in [0.2, 0.25) is 5.69 Å². The van der Waals surface area contributed by atoms with Crippen LogP contribution >= 0.6 is 0 Å². The number of hydrogen-bond donors (Lipinski definition) is 0. The van der Waals surface area contributed by atoms with Crippen molar-refractivity contribution < 1.29 is 61.9 Å². The SMILES string of the molecule is CCOC(=O)c1nnn([C@@H]2O[C@H](COC(C)=O)[C@@H](OC(C)=O)[C@H](OC(C)=O)[C@H]2OC(C)=O)c1C(=O)OCC. The van der Waals surface area contributed by atoms with E-state index >= 15 is 0 Å². The lowest BCUT2D eigenvalue weighted by Gasteiger charge is -2.44. The fourth-order valence-corrected chi connectivity index (χ4v) is 3.60. The van der Waals surface area contributed by atoms with E-state index in [2.05, 4.69) is 10.3 Å². The second-order valence-corrected chi connectivity index (χ2v) is 7.76. The van der Waals surface area contributed by atoms with E-state index in [1.807, 2.05) is 0 Å². The highest BCUT2D eigenvalue weighted by molar-refractivity contribution is 6.00. The normalized spacial score (nSPS) is 22.5. The van der Waals surface area contributed by atoms with Crippen LogP contribution in [-0.2, 0) is 52.3 Å². The molecule has 0 N–H and O–H groups in total. The summed E-state index contributed by atoms with van der Waals surface area (Å²) in [6.07, 6.45) is -7.51. The summed E-state index contributed by atoms with van der Waals surface area (Å²) in [4.78, 5) is 72.8. The summed E-state index contributed by atoms with van der Waals surface area (Å²) in [6.45, 7) is 6.69. The van der Waals surface area contributed by atoms with E-state index in [0.717, 1.165) is 32.4 Å². The first kappa shape index (κ1) is 30.1. The topological polar surface area (TPSA) is 198 Å². The predicted molar refractivity (Wildman–Crippen MR) is 119 cm³/mol. The van der Waals surface area contributed by atoms with Gasteiger partial charge in [-0.2, -0.15) is 0 Å². The first-order valence-corrected chi connectivity index (χ1v) is 11.5. The summed E-state index contributed by atoms with van der Waals surface area (Å²) in [6, 6.07) is 0. The maximum absolute atomic E-state index is 12.9. The largest absolute Gasteiger partial charge is 0.463 e. The molecule has 16 heteroatoms. The quantitative estimate of drug-likeness (QED) is 0.279.